The van der Waals surface area contributed by atoms with Crippen LogP contribution in [-0.2, 0) is 9.59 Å². The molecule has 1 N–H and O–H groups in total. The maximum atomic E-state index is 12.8. The lowest BCUT2D eigenvalue weighted by Gasteiger charge is -2.26. The molecule has 114 valence electrons. The highest BCUT2D eigenvalue weighted by Gasteiger charge is 2.45. The van der Waals surface area contributed by atoms with Gasteiger partial charge in [-0.1, -0.05) is 0 Å². The third kappa shape index (κ3) is 2.09. The minimum atomic E-state index is -0.710. The van der Waals surface area contributed by atoms with Crippen LogP contribution in [0.2, 0.25) is 0 Å². The minimum absolute atomic E-state index is 0.0274. The fourth-order valence-corrected chi connectivity index (χ4v) is 2.86. The molecule has 2 heterocycles. The van der Waals surface area contributed by atoms with Gasteiger partial charge in [0.25, 0.3) is 5.91 Å². The first-order chi connectivity index (χ1) is 10.6. The number of hydrogen-bond donors (Lipinski definition) is 1. The maximum absolute atomic E-state index is 12.8. The minimum Gasteiger partial charge on any atom is -0.454 e. The van der Waals surface area contributed by atoms with Crippen molar-refractivity contribution in [3.63, 3.8) is 0 Å². The van der Waals surface area contributed by atoms with Crippen LogP contribution in [-0.4, -0.2) is 41.5 Å². The van der Waals surface area contributed by atoms with Crippen molar-refractivity contribution in [2.45, 2.75) is 31.3 Å². The molecule has 22 heavy (non-hydrogen) atoms. The zero-order valence-electron chi connectivity index (χ0n) is 11.7. The van der Waals surface area contributed by atoms with E-state index in [4.69, 9.17) is 9.47 Å². The molecule has 0 spiro atoms. The summed E-state index contributed by atoms with van der Waals surface area (Å²) in [5.74, 6) is 0.137. The van der Waals surface area contributed by atoms with Gasteiger partial charge in [-0.15, -0.1) is 0 Å². The Balaban J connectivity index is 1.64. The molecule has 2 aliphatic heterocycles. The molecule has 1 atom stereocenters. The average molecular weight is 302 g/mol. The number of nitrogens with one attached hydrogen (secondary N) is 1. The highest BCUT2D eigenvalue weighted by Crippen LogP contribution is 2.36. The Morgan fingerprint density at radius 3 is 2.64 bits per heavy atom. The normalized spacial score (nSPS) is 22.6. The van der Waals surface area contributed by atoms with Crippen molar-refractivity contribution >= 4 is 17.7 Å². The Labute approximate surface area is 126 Å². The molecule has 3 amide bonds. The predicted octanol–water partition coefficient (Wildman–Crippen LogP) is 0.435. The van der Waals surface area contributed by atoms with Crippen molar-refractivity contribution < 1.29 is 23.9 Å². The molecule has 1 saturated carbocycles. The molecule has 0 aromatic heterocycles. The topological polar surface area (TPSA) is 84.9 Å². The molecule has 7 heteroatoms. The number of benzene rings is 1. The molecule has 0 radical (unpaired) electrons. The van der Waals surface area contributed by atoms with Gasteiger partial charge < -0.3 is 14.4 Å². The highest BCUT2D eigenvalue weighted by molar-refractivity contribution is 6.08. The van der Waals surface area contributed by atoms with E-state index in [0.717, 1.165) is 12.8 Å². The molecule has 1 aromatic rings. The first kappa shape index (κ1) is 13.1. The fraction of sp³-hybridized carbons (Fsp3) is 0.400. The number of amides is 3. The first-order valence-corrected chi connectivity index (χ1v) is 7.19. The molecule has 1 aromatic carbocycles. The Morgan fingerprint density at radius 2 is 1.95 bits per heavy atom. The Morgan fingerprint density at radius 1 is 1.18 bits per heavy atom. The predicted molar refractivity (Wildman–Crippen MR) is 73.3 cm³/mol. The molecule has 2 fully saturated rings. The van der Waals surface area contributed by atoms with Gasteiger partial charge in [0.15, 0.2) is 11.5 Å². The number of nitrogens with zero attached hydrogens (tertiary/aromatic N) is 1. The van der Waals surface area contributed by atoms with E-state index in [1.165, 1.54) is 4.90 Å². The Hall–Kier alpha value is -2.57. The van der Waals surface area contributed by atoms with Gasteiger partial charge in [0.1, 0.15) is 6.04 Å². The van der Waals surface area contributed by atoms with E-state index in [2.05, 4.69) is 5.32 Å². The van der Waals surface area contributed by atoms with Gasteiger partial charge in [-0.25, -0.2) is 0 Å². The van der Waals surface area contributed by atoms with Crippen LogP contribution in [0.1, 0.15) is 29.6 Å². The number of fused-ring (bicyclic) bond motifs is 1. The third-order valence-electron chi connectivity index (χ3n) is 4.07. The molecule has 1 aliphatic carbocycles. The van der Waals surface area contributed by atoms with Crippen LogP contribution in [0.4, 0.5) is 0 Å². The zero-order chi connectivity index (χ0) is 15.3. The summed E-state index contributed by atoms with van der Waals surface area (Å²) >= 11 is 0. The quantitative estimate of drug-likeness (QED) is 0.819. The van der Waals surface area contributed by atoms with Crippen LogP contribution in [0.5, 0.6) is 11.5 Å². The molecule has 1 saturated heterocycles. The SMILES string of the molecule is O=C1C[C@H](N(C(=O)c2ccc3c(c2)OCO3)C2CC2)C(=O)N1. The number of ether oxygens (including phenoxy) is 2. The van der Waals surface area contributed by atoms with Gasteiger partial charge in [-0.3, -0.25) is 19.7 Å². The summed E-state index contributed by atoms with van der Waals surface area (Å²) in [7, 11) is 0. The monoisotopic (exact) mass is 302 g/mol. The van der Waals surface area contributed by atoms with Crippen molar-refractivity contribution in [2.75, 3.05) is 6.79 Å². The summed E-state index contributed by atoms with van der Waals surface area (Å²) in [5, 5.41) is 2.26. The lowest BCUT2D eigenvalue weighted by molar-refractivity contribution is -0.126. The molecule has 4 rings (SSSR count). The van der Waals surface area contributed by atoms with E-state index in [0.29, 0.717) is 17.1 Å². The molecule has 0 bridgehead atoms. The van der Waals surface area contributed by atoms with E-state index in [1.807, 2.05) is 0 Å². The standard InChI is InChI=1S/C15H14N2O5/c18-13-6-10(14(19)16-13)17(9-2-3-9)15(20)8-1-4-11-12(5-8)22-7-21-11/h1,4-5,9-10H,2-3,6-7H2,(H,16,18,19)/t10-/m0/s1. The van der Waals surface area contributed by atoms with Crippen molar-refractivity contribution in [3.8, 4) is 11.5 Å². The second-order valence-electron chi connectivity index (χ2n) is 5.64. The van der Waals surface area contributed by atoms with Crippen LogP contribution in [0.15, 0.2) is 18.2 Å². The van der Waals surface area contributed by atoms with Gasteiger partial charge in [-0.05, 0) is 31.0 Å². The van der Waals surface area contributed by atoms with Crippen molar-refractivity contribution in [3.05, 3.63) is 23.8 Å². The van der Waals surface area contributed by atoms with Crippen molar-refractivity contribution in [2.24, 2.45) is 0 Å². The van der Waals surface area contributed by atoms with Gasteiger partial charge in [0.2, 0.25) is 18.6 Å². The van der Waals surface area contributed by atoms with Gasteiger partial charge in [-0.2, -0.15) is 0 Å². The van der Waals surface area contributed by atoms with Crippen LogP contribution in [0.3, 0.4) is 0 Å². The highest BCUT2D eigenvalue weighted by atomic mass is 16.7. The smallest absolute Gasteiger partial charge is 0.254 e. The number of imide groups is 1. The third-order valence-corrected chi connectivity index (χ3v) is 4.07. The van der Waals surface area contributed by atoms with Crippen LogP contribution < -0.4 is 14.8 Å². The lowest BCUT2D eigenvalue weighted by atomic mass is 10.1. The molecular weight excluding hydrogens is 288 g/mol. The summed E-state index contributed by atoms with van der Waals surface area (Å²) in [6, 6.07) is 4.27. The summed E-state index contributed by atoms with van der Waals surface area (Å²) in [6.45, 7) is 0.138. The van der Waals surface area contributed by atoms with Gasteiger partial charge in [0.05, 0.1) is 6.42 Å². The van der Waals surface area contributed by atoms with E-state index >= 15 is 0 Å². The molecule has 7 nitrogen and oxygen atoms in total. The van der Waals surface area contributed by atoms with Crippen molar-refractivity contribution in [1.82, 2.24) is 10.2 Å². The van der Waals surface area contributed by atoms with E-state index in [1.54, 1.807) is 18.2 Å². The van der Waals surface area contributed by atoms with Crippen LogP contribution >= 0.6 is 0 Å². The summed E-state index contributed by atoms with van der Waals surface area (Å²) in [5.41, 5.74) is 0.434. The van der Waals surface area contributed by atoms with Crippen LogP contribution in [0, 0.1) is 0 Å². The number of carbonyl (C=O) groups excluding carboxylic acids is 3. The number of carbonyl (C=O) groups is 3. The molecular formula is C15H14N2O5. The van der Waals surface area contributed by atoms with Crippen LogP contribution in [0.25, 0.3) is 0 Å². The zero-order valence-corrected chi connectivity index (χ0v) is 11.7. The average Bonchev–Trinajstić information content (AvgIpc) is 3.11. The van der Waals surface area contributed by atoms with Gasteiger partial charge in [0, 0.05) is 11.6 Å². The lowest BCUT2D eigenvalue weighted by Crippen LogP contribution is -2.45. The second kappa shape index (κ2) is 4.72. The Bertz CT molecular complexity index is 683. The van der Waals surface area contributed by atoms with E-state index < -0.39 is 11.9 Å². The summed E-state index contributed by atoms with van der Waals surface area (Å²) in [6.07, 6.45) is 1.74. The Kier molecular flexibility index (Phi) is 2.82. The molecule has 0 unspecified atom stereocenters. The second-order valence-corrected chi connectivity index (χ2v) is 5.64. The molecule has 3 aliphatic rings. The fourth-order valence-electron chi connectivity index (χ4n) is 2.86. The van der Waals surface area contributed by atoms with E-state index in [9.17, 15) is 14.4 Å². The summed E-state index contributed by atoms with van der Waals surface area (Å²) in [4.78, 5) is 37.7. The van der Waals surface area contributed by atoms with Gasteiger partial charge >= 0.3 is 0 Å². The number of rotatable bonds is 3. The number of hydrogen-bond acceptors (Lipinski definition) is 5. The van der Waals surface area contributed by atoms with Crippen molar-refractivity contribution in [1.29, 1.82) is 0 Å². The largest absolute Gasteiger partial charge is 0.454 e. The first-order valence-electron chi connectivity index (χ1n) is 7.19. The van der Waals surface area contributed by atoms with E-state index in [-0.39, 0.29) is 31.1 Å². The maximum Gasteiger partial charge on any atom is 0.254 e. The summed E-state index contributed by atoms with van der Waals surface area (Å²) < 4.78 is 10.5.